The lowest BCUT2D eigenvalue weighted by Gasteiger charge is -2.18. The predicted molar refractivity (Wildman–Crippen MR) is 218 cm³/mol. The van der Waals surface area contributed by atoms with E-state index in [2.05, 4.69) is 182 Å². The second kappa shape index (κ2) is 10.9. The molecular formula is C50H30O. The van der Waals surface area contributed by atoms with Crippen LogP contribution in [0.5, 0.6) is 0 Å². The van der Waals surface area contributed by atoms with Crippen LogP contribution in [0.1, 0.15) is 0 Å². The van der Waals surface area contributed by atoms with Crippen molar-refractivity contribution < 1.29 is 4.42 Å². The minimum atomic E-state index is 0.932. The average molecular weight is 647 g/mol. The minimum Gasteiger partial charge on any atom is -0.455 e. The summed E-state index contributed by atoms with van der Waals surface area (Å²) >= 11 is 0. The molecule has 0 aliphatic heterocycles. The number of hydrogen-bond acceptors (Lipinski definition) is 1. The van der Waals surface area contributed by atoms with Gasteiger partial charge in [0, 0.05) is 16.2 Å². The van der Waals surface area contributed by atoms with Gasteiger partial charge in [-0.05, 0) is 118 Å². The fourth-order valence-electron chi connectivity index (χ4n) is 8.35. The summed E-state index contributed by atoms with van der Waals surface area (Å²) in [5, 5.41) is 14.6. The quantitative estimate of drug-likeness (QED) is 0.174. The summed E-state index contributed by atoms with van der Waals surface area (Å²) in [6.07, 6.45) is 0. The van der Waals surface area contributed by atoms with Crippen LogP contribution in [-0.2, 0) is 0 Å². The van der Waals surface area contributed by atoms with Gasteiger partial charge < -0.3 is 4.42 Å². The monoisotopic (exact) mass is 646 g/mol. The Labute approximate surface area is 294 Å². The molecule has 0 amide bonds. The number of hydrogen-bond donors (Lipinski definition) is 0. The van der Waals surface area contributed by atoms with Crippen LogP contribution in [0.25, 0.3) is 109 Å². The summed E-state index contributed by atoms with van der Waals surface area (Å²) in [6.45, 7) is 0. The molecule has 0 radical (unpaired) electrons. The molecule has 1 nitrogen and oxygen atoms in total. The van der Waals surface area contributed by atoms with Crippen molar-refractivity contribution in [3.63, 3.8) is 0 Å². The summed E-state index contributed by atoms with van der Waals surface area (Å²) < 4.78 is 6.51. The van der Waals surface area contributed by atoms with E-state index in [1.165, 1.54) is 81.9 Å². The third kappa shape index (κ3) is 4.35. The van der Waals surface area contributed by atoms with Gasteiger partial charge in [-0.1, -0.05) is 146 Å². The molecule has 0 N–H and O–H groups in total. The predicted octanol–water partition coefficient (Wildman–Crippen LogP) is 14.4. The average Bonchev–Trinajstić information content (AvgIpc) is 3.56. The lowest BCUT2D eigenvalue weighted by molar-refractivity contribution is 0.673. The van der Waals surface area contributed by atoms with Gasteiger partial charge in [0.15, 0.2) is 0 Å². The minimum absolute atomic E-state index is 0.932. The summed E-state index contributed by atoms with van der Waals surface area (Å²) in [6, 6.07) is 66.4. The van der Waals surface area contributed by atoms with Gasteiger partial charge in [0.25, 0.3) is 0 Å². The molecule has 0 aliphatic carbocycles. The van der Waals surface area contributed by atoms with Gasteiger partial charge in [0.05, 0.1) is 0 Å². The zero-order valence-corrected chi connectivity index (χ0v) is 27.7. The first-order valence-corrected chi connectivity index (χ1v) is 17.6. The van der Waals surface area contributed by atoms with Crippen molar-refractivity contribution in [3.05, 3.63) is 182 Å². The van der Waals surface area contributed by atoms with E-state index in [-0.39, 0.29) is 0 Å². The molecule has 11 rings (SSSR count). The number of fused-ring (bicyclic) bond motifs is 9. The van der Waals surface area contributed by atoms with Crippen LogP contribution in [0.15, 0.2) is 186 Å². The molecule has 1 heterocycles. The highest BCUT2D eigenvalue weighted by atomic mass is 16.3. The van der Waals surface area contributed by atoms with E-state index >= 15 is 0 Å². The third-order valence-corrected chi connectivity index (χ3v) is 10.8. The fraction of sp³-hybridized carbons (Fsp3) is 0. The second-order valence-corrected chi connectivity index (χ2v) is 13.7. The number of rotatable bonds is 3. The molecule has 0 saturated heterocycles. The van der Waals surface area contributed by atoms with E-state index in [0.717, 1.165) is 27.3 Å². The maximum Gasteiger partial charge on any atom is 0.143 e. The highest BCUT2D eigenvalue weighted by Crippen LogP contribution is 2.44. The van der Waals surface area contributed by atoms with Gasteiger partial charge >= 0.3 is 0 Å². The molecule has 0 fully saturated rings. The zero-order valence-electron chi connectivity index (χ0n) is 27.7. The molecule has 11 aromatic rings. The Bertz CT molecular complexity index is 3120. The summed E-state index contributed by atoms with van der Waals surface area (Å²) in [4.78, 5) is 0. The molecule has 0 spiro atoms. The molecule has 1 heteroatoms. The van der Waals surface area contributed by atoms with E-state index in [4.69, 9.17) is 4.42 Å². The third-order valence-electron chi connectivity index (χ3n) is 10.8. The lowest BCUT2D eigenvalue weighted by Crippen LogP contribution is -1.91. The number of furan rings is 1. The van der Waals surface area contributed by atoms with Gasteiger partial charge in [-0.3, -0.25) is 0 Å². The Morgan fingerprint density at radius 3 is 1.41 bits per heavy atom. The Kier molecular flexibility index (Phi) is 6.02. The van der Waals surface area contributed by atoms with E-state index in [0.29, 0.717) is 0 Å². The van der Waals surface area contributed by atoms with E-state index < -0.39 is 0 Å². The van der Waals surface area contributed by atoms with Crippen molar-refractivity contribution in [3.8, 4) is 33.4 Å². The highest BCUT2D eigenvalue weighted by Gasteiger charge is 2.17. The maximum absolute atomic E-state index is 6.51. The van der Waals surface area contributed by atoms with Crippen molar-refractivity contribution in [1.82, 2.24) is 0 Å². The Hall–Kier alpha value is -6.70. The van der Waals surface area contributed by atoms with Crippen LogP contribution in [0.2, 0.25) is 0 Å². The Morgan fingerprint density at radius 2 is 0.725 bits per heavy atom. The topological polar surface area (TPSA) is 13.1 Å². The van der Waals surface area contributed by atoms with Crippen LogP contribution < -0.4 is 0 Å². The van der Waals surface area contributed by atoms with Gasteiger partial charge in [-0.2, -0.15) is 0 Å². The Morgan fingerprint density at radius 1 is 0.255 bits per heavy atom. The summed E-state index contributed by atoms with van der Waals surface area (Å²) in [7, 11) is 0. The first-order valence-electron chi connectivity index (χ1n) is 17.6. The van der Waals surface area contributed by atoms with E-state index in [1.54, 1.807) is 0 Å². The molecule has 0 atom stereocenters. The van der Waals surface area contributed by atoms with Gasteiger partial charge in [-0.25, -0.2) is 0 Å². The molecular weight excluding hydrogens is 617 g/mol. The van der Waals surface area contributed by atoms with Crippen LogP contribution in [-0.4, -0.2) is 0 Å². The van der Waals surface area contributed by atoms with E-state index in [9.17, 15) is 0 Å². The molecule has 0 bridgehead atoms. The van der Waals surface area contributed by atoms with Crippen molar-refractivity contribution in [2.45, 2.75) is 0 Å². The Balaban J connectivity index is 1.03. The zero-order chi connectivity index (χ0) is 33.5. The van der Waals surface area contributed by atoms with Gasteiger partial charge in [0.2, 0.25) is 0 Å². The summed E-state index contributed by atoms with van der Waals surface area (Å²) in [5.41, 5.74) is 9.29. The standard InChI is InChI=1S/C50H30O/c1-2-10-34-28-39(22-19-31(34)9-1)49-43-15-7-5-13-41(43)48(42-14-6-8-16-44(42)49)33-20-17-32(18-21-33)37-23-25-40-38(27-37)24-26-45-46-29-35-11-3-4-12-36(35)30-47(46)51-50(40)45/h1-30H. The largest absolute Gasteiger partial charge is 0.455 e. The van der Waals surface area contributed by atoms with Crippen LogP contribution >= 0.6 is 0 Å². The van der Waals surface area contributed by atoms with Gasteiger partial charge in [-0.15, -0.1) is 0 Å². The normalized spacial score (nSPS) is 11.9. The van der Waals surface area contributed by atoms with Crippen molar-refractivity contribution in [1.29, 1.82) is 0 Å². The maximum atomic E-state index is 6.51. The van der Waals surface area contributed by atoms with Crippen molar-refractivity contribution >= 4 is 75.8 Å². The molecule has 236 valence electrons. The first-order chi connectivity index (χ1) is 25.3. The molecule has 51 heavy (non-hydrogen) atoms. The van der Waals surface area contributed by atoms with Crippen molar-refractivity contribution in [2.24, 2.45) is 0 Å². The SMILES string of the molecule is c1ccc2cc(-c3c4ccccc4c(-c4ccc(-c5ccc6c(ccc7c8cc9ccccc9cc8oc67)c5)cc4)c4ccccc34)ccc2c1. The first kappa shape index (κ1) is 28.2. The smallest absolute Gasteiger partial charge is 0.143 e. The van der Waals surface area contributed by atoms with Gasteiger partial charge in [0.1, 0.15) is 11.2 Å². The molecule has 0 unspecified atom stereocenters. The van der Waals surface area contributed by atoms with Crippen LogP contribution in [0.4, 0.5) is 0 Å². The fourth-order valence-corrected chi connectivity index (χ4v) is 8.35. The molecule has 0 saturated carbocycles. The lowest BCUT2D eigenvalue weighted by atomic mass is 9.85. The molecule has 0 aliphatic rings. The van der Waals surface area contributed by atoms with Crippen LogP contribution in [0.3, 0.4) is 0 Å². The van der Waals surface area contributed by atoms with Crippen molar-refractivity contribution in [2.75, 3.05) is 0 Å². The summed E-state index contributed by atoms with van der Waals surface area (Å²) in [5.74, 6) is 0. The molecule has 10 aromatic carbocycles. The highest BCUT2D eigenvalue weighted by molar-refractivity contribution is 6.22. The van der Waals surface area contributed by atoms with E-state index in [1.807, 2.05) is 0 Å². The van der Waals surface area contributed by atoms with Crippen LogP contribution in [0, 0.1) is 0 Å². The molecule has 1 aromatic heterocycles. The number of benzene rings is 10. The second-order valence-electron chi connectivity index (χ2n) is 13.7.